The fourth-order valence-corrected chi connectivity index (χ4v) is 3.55. The predicted molar refractivity (Wildman–Crippen MR) is 124 cm³/mol. The maximum Gasteiger partial charge on any atom is 0.323 e. The van der Waals surface area contributed by atoms with E-state index >= 15 is 0 Å². The van der Waals surface area contributed by atoms with E-state index in [9.17, 15) is 14.7 Å². The molecule has 5 N–H and O–H groups in total. The van der Waals surface area contributed by atoms with Crippen molar-refractivity contribution in [1.82, 2.24) is 0 Å². The van der Waals surface area contributed by atoms with Crippen molar-refractivity contribution in [3.8, 4) is 5.75 Å². The van der Waals surface area contributed by atoms with Gasteiger partial charge >= 0.3 is 5.97 Å². The second-order valence-corrected chi connectivity index (χ2v) is 7.46. The lowest BCUT2D eigenvalue weighted by atomic mass is 10.00. The van der Waals surface area contributed by atoms with E-state index in [1.165, 1.54) is 11.1 Å². The van der Waals surface area contributed by atoms with E-state index in [-0.39, 0.29) is 11.5 Å². The minimum Gasteiger partial charge on any atom is -0.506 e. The van der Waals surface area contributed by atoms with Crippen LogP contribution in [0.3, 0.4) is 0 Å². The number of phenolic OH excluding ortho intramolecular Hbond substituents is 1. The summed E-state index contributed by atoms with van der Waals surface area (Å²) in [6.07, 6.45) is 1.73. The first-order valence-electron chi connectivity index (χ1n) is 10.1. The molecule has 1 heterocycles. The van der Waals surface area contributed by atoms with Gasteiger partial charge in [-0.15, -0.1) is 0 Å². The highest BCUT2D eigenvalue weighted by atomic mass is 16.4. The number of amides is 1. The van der Waals surface area contributed by atoms with E-state index < -0.39 is 18.4 Å². The van der Waals surface area contributed by atoms with E-state index in [0.717, 1.165) is 23.3 Å². The number of nitrogens with one attached hydrogen (secondary N) is 1. The minimum atomic E-state index is -1.09. The zero-order chi connectivity index (χ0) is 23.3. The first-order valence-corrected chi connectivity index (χ1v) is 10.1. The number of phenols is 1. The summed E-state index contributed by atoms with van der Waals surface area (Å²) < 4.78 is 0. The van der Waals surface area contributed by atoms with Crippen LogP contribution in [0.4, 0.5) is 11.4 Å². The molecular formula is C25H25N3O4. The molecule has 0 radical (unpaired) electrons. The van der Waals surface area contributed by atoms with Crippen molar-refractivity contribution in [3.63, 3.8) is 0 Å². The summed E-state index contributed by atoms with van der Waals surface area (Å²) in [5, 5.41) is 26.0. The smallest absolute Gasteiger partial charge is 0.323 e. The average Bonchev–Trinajstić information content (AvgIpc) is 3.01. The molecule has 3 aromatic carbocycles. The van der Waals surface area contributed by atoms with E-state index in [1.54, 1.807) is 30.3 Å². The van der Waals surface area contributed by atoms with Gasteiger partial charge in [-0.1, -0.05) is 54.6 Å². The molecule has 1 amide bonds. The van der Waals surface area contributed by atoms with Gasteiger partial charge in [0.1, 0.15) is 18.0 Å². The van der Waals surface area contributed by atoms with Crippen molar-refractivity contribution in [2.75, 3.05) is 17.2 Å². The van der Waals surface area contributed by atoms with Crippen LogP contribution < -0.4 is 10.6 Å². The van der Waals surface area contributed by atoms with Crippen molar-refractivity contribution in [2.24, 2.45) is 0 Å². The Hall–Kier alpha value is -4.13. The zero-order valence-corrected chi connectivity index (χ0v) is 17.7. The van der Waals surface area contributed by atoms with Crippen molar-refractivity contribution in [3.05, 3.63) is 89.0 Å². The number of hydrogen-bond donors (Lipinski definition) is 4. The van der Waals surface area contributed by atoms with Crippen LogP contribution in [-0.4, -0.2) is 34.3 Å². The van der Waals surface area contributed by atoms with Crippen molar-refractivity contribution < 1.29 is 19.8 Å². The number of aromatic hydroxyl groups is 1. The number of aliphatic carboxylic acids is 1. The predicted octanol–water partition coefficient (Wildman–Crippen LogP) is 3.55. The minimum absolute atomic E-state index is 0.146. The summed E-state index contributed by atoms with van der Waals surface area (Å²) in [6.45, 7) is 1.70. The molecule has 0 unspecified atom stereocenters. The third-order valence-electron chi connectivity index (χ3n) is 5.29. The lowest BCUT2D eigenvalue weighted by Gasteiger charge is -2.13. The maximum absolute atomic E-state index is 11.5. The second kappa shape index (κ2) is 9.78. The number of carboxylic acid groups (broad SMARTS) is 1. The number of rotatable bonds is 5. The Morgan fingerprint density at radius 2 is 1.59 bits per heavy atom. The number of anilines is 2. The van der Waals surface area contributed by atoms with Crippen LogP contribution in [0.15, 0.2) is 66.7 Å². The second-order valence-electron chi connectivity index (χ2n) is 7.46. The Balaban J connectivity index is 0.000000182. The molecule has 0 aromatic heterocycles. The largest absolute Gasteiger partial charge is 0.506 e. The van der Waals surface area contributed by atoms with Gasteiger partial charge in [-0.3, -0.25) is 19.9 Å². The Bertz CT molecular complexity index is 1170. The molecule has 7 nitrogen and oxygen atoms in total. The van der Waals surface area contributed by atoms with E-state index in [4.69, 9.17) is 16.2 Å². The van der Waals surface area contributed by atoms with Crippen LogP contribution in [0.1, 0.15) is 22.3 Å². The number of carboxylic acids is 1. The molecule has 4 rings (SSSR count). The molecule has 3 aromatic rings. The van der Waals surface area contributed by atoms with Crippen molar-refractivity contribution in [1.29, 1.82) is 5.41 Å². The molecule has 0 spiro atoms. The van der Waals surface area contributed by atoms with Crippen LogP contribution in [-0.2, 0) is 22.4 Å². The molecule has 0 bridgehead atoms. The van der Waals surface area contributed by atoms with Gasteiger partial charge in [0.25, 0.3) is 5.91 Å². The van der Waals surface area contributed by atoms with Crippen LogP contribution >= 0.6 is 0 Å². The monoisotopic (exact) mass is 431 g/mol. The van der Waals surface area contributed by atoms with Gasteiger partial charge in [0.15, 0.2) is 0 Å². The summed E-state index contributed by atoms with van der Waals surface area (Å²) in [7, 11) is 0. The molecule has 0 atom stereocenters. The Morgan fingerprint density at radius 3 is 2.31 bits per heavy atom. The molecule has 1 aliphatic rings. The average molecular weight is 431 g/mol. The number of para-hydroxylation sites is 2. The van der Waals surface area contributed by atoms with Gasteiger partial charge < -0.3 is 15.9 Å². The van der Waals surface area contributed by atoms with Crippen LogP contribution in [0.25, 0.3) is 0 Å². The van der Waals surface area contributed by atoms with Gasteiger partial charge in [-0.05, 0) is 48.6 Å². The molecule has 164 valence electrons. The van der Waals surface area contributed by atoms with Gasteiger partial charge in [0.05, 0.1) is 11.4 Å². The van der Waals surface area contributed by atoms with E-state index in [1.807, 2.05) is 24.3 Å². The number of nitrogens with two attached hydrogens (primary N) is 1. The number of carbonyl (C=O) groups is 2. The van der Waals surface area contributed by atoms with Crippen LogP contribution in [0.5, 0.6) is 5.75 Å². The standard InChI is InChI=1S/C15H17NO.C10H8N2O3/c1-11-5-2-3-6-12(11)9-10-13-7-4-8-14(16)15(13)17;11-9-6-3-1-2-4-7(6)12(10(9)15)5-8(13)14/h2-8,17H,9-10,16H2,1H3;1-4,11H,5H2,(H,13,14). The highest BCUT2D eigenvalue weighted by Crippen LogP contribution is 2.28. The van der Waals surface area contributed by atoms with Gasteiger partial charge in [-0.2, -0.15) is 0 Å². The normalized spacial score (nSPS) is 12.2. The van der Waals surface area contributed by atoms with Crippen LogP contribution in [0.2, 0.25) is 0 Å². The number of benzene rings is 3. The van der Waals surface area contributed by atoms with Gasteiger partial charge in [0, 0.05) is 5.56 Å². The molecule has 32 heavy (non-hydrogen) atoms. The summed E-state index contributed by atoms with van der Waals surface area (Å²) in [4.78, 5) is 23.2. The molecular weight excluding hydrogens is 406 g/mol. The fourth-order valence-electron chi connectivity index (χ4n) is 3.55. The fraction of sp³-hybridized carbons (Fsp3) is 0.160. The van der Waals surface area contributed by atoms with Gasteiger partial charge in [0.2, 0.25) is 0 Å². The Kier molecular flexibility index (Phi) is 6.90. The highest BCUT2D eigenvalue weighted by Gasteiger charge is 2.33. The first kappa shape index (κ1) is 22.6. The zero-order valence-electron chi connectivity index (χ0n) is 17.7. The molecule has 0 saturated carbocycles. The summed E-state index contributed by atoms with van der Waals surface area (Å²) in [5.74, 6) is -1.42. The topological polar surface area (TPSA) is 128 Å². The molecule has 1 aliphatic heterocycles. The van der Waals surface area contributed by atoms with Crippen molar-refractivity contribution >= 4 is 29.0 Å². The quantitative estimate of drug-likeness (QED) is 0.363. The SMILES string of the molecule is Cc1ccccc1CCc1cccc(N)c1O.N=C1C(=O)N(CC(=O)O)c2ccccc21. The third kappa shape index (κ3) is 4.95. The Morgan fingerprint density at radius 1 is 0.969 bits per heavy atom. The number of carbonyl (C=O) groups excluding carboxylic acids is 1. The van der Waals surface area contributed by atoms with E-state index in [2.05, 4.69) is 19.1 Å². The molecule has 0 aliphatic carbocycles. The number of aryl methyl sites for hydroxylation is 3. The molecule has 7 heteroatoms. The lowest BCUT2D eigenvalue weighted by Crippen LogP contribution is -2.34. The Labute approximate surface area is 186 Å². The summed E-state index contributed by atoms with van der Waals surface area (Å²) in [5.41, 5.74) is 10.5. The number of nitrogens with zero attached hydrogens (tertiary/aromatic N) is 1. The third-order valence-corrected chi connectivity index (χ3v) is 5.29. The number of fused-ring (bicyclic) bond motifs is 1. The summed E-state index contributed by atoms with van der Waals surface area (Å²) in [6, 6.07) is 20.5. The van der Waals surface area contributed by atoms with Crippen LogP contribution in [0, 0.1) is 12.3 Å². The molecule has 0 saturated heterocycles. The first-order chi connectivity index (χ1) is 15.3. The lowest BCUT2D eigenvalue weighted by molar-refractivity contribution is -0.136. The number of hydrogen-bond acceptors (Lipinski definition) is 5. The highest BCUT2D eigenvalue weighted by molar-refractivity contribution is 6.53. The number of nitrogen functional groups attached to an aromatic ring is 1. The maximum atomic E-state index is 11.5. The summed E-state index contributed by atoms with van der Waals surface area (Å²) >= 11 is 0. The van der Waals surface area contributed by atoms with Crippen molar-refractivity contribution in [2.45, 2.75) is 19.8 Å². The van der Waals surface area contributed by atoms with E-state index in [0.29, 0.717) is 16.9 Å². The van der Waals surface area contributed by atoms with Gasteiger partial charge in [-0.25, -0.2) is 0 Å². The molecule has 0 fully saturated rings.